The van der Waals surface area contributed by atoms with Gasteiger partial charge in [-0.15, -0.1) is 5.92 Å². The SMILES string of the molecule is CC#CCN1C(=O)CN(CCCC#N)C=C1CN1CCNCC1. The normalized spacial score (nSPS) is 19.0. The Morgan fingerprint density at radius 1 is 1.35 bits per heavy atom. The Morgan fingerprint density at radius 3 is 2.83 bits per heavy atom. The summed E-state index contributed by atoms with van der Waals surface area (Å²) in [5.41, 5.74) is 1.02. The molecule has 0 aromatic rings. The fourth-order valence-corrected chi connectivity index (χ4v) is 2.82. The highest BCUT2D eigenvalue weighted by atomic mass is 16.2. The molecule has 0 unspecified atom stereocenters. The first-order valence-electron chi connectivity index (χ1n) is 8.19. The lowest BCUT2D eigenvalue weighted by atomic mass is 10.2. The molecule has 1 N–H and O–H groups in total. The molecule has 6 heteroatoms. The molecule has 2 aliphatic heterocycles. The number of amides is 1. The van der Waals surface area contributed by atoms with Crippen molar-refractivity contribution >= 4 is 5.91 Å². The predicted octanol–water partition coefficient (Wildman–Crippen LogP) is 0.204. The first kappa shape index (κ1) is 17.3. The summed E-state index contributed by atoms with van der Waals surface area (Å²) in [6.07, 6.45) is 3.39. The third kappa shape index (κ3) is 5.28. The zero-order valence-electron chi connectivity index (χ0n) is 13.8. The molecular weight excluding hydrogens is 290 g/mol. The Balaban J connectivity index is 2.07. The van der Waals surface area contributed by atoms with Gasteiger partial charge in [0.15, 0.2) is 0 Å². The summed E-state index contributed by atoms with van der Waals surface area (Å²) in [5.74, 6) is 5.97. The number of rotatable bonds is 6. The Morgan fingerprint density at radius 2 is 2.13 bits per heavy atom. The summed E-state index contributed by atoms with van der Waals surface area (Å²) in [5, 5.41) is 12.0. The molecule has 2 rings (SSSR count). The Bertz CT molecular complexity index is 533. The van der Waals surface area contributed by atoms with Crippen molar-refractivity contribution in [1.29, 1.82) is 5.26 Å². The smallest absolute Gasteiger partial charge is 0.247 e. The van der Waals surface area contributed by atoms with Gasteiger partial charge in [-0.1, -0.05) is 5.92 Å². The number of nitrogens with zero attached hydrogens (tertiary/aromatic N) is 4. The highest BCUT2D eigenvalue weighted by molar-refractivity contribution is 5.81. The quantitative estimate of drug-likeness (QED) is 0.561. The molecule has 0 aromatic heterocycles. The van der Waals surface area contributed by atoms with Gasteiger partial charge in [0.2, 0.25) is 5.91 Å². The molecule has 0 aromatic carbocycles. The summed E-state index contributed by atoms with van der Waals surface area (Å²) in [7, 11) is 0. The van der Waals surface area contributed by atoms with Gasteiger partial charge >= 0.3 is 0 Å². The molecule has 124 valence electrons. The van der Waals surface area contributed by atoms with E-state index in [1.807, 2.05) is 4.90 Å². The van der Waals surface area contributed by atoms with E-state index in [2.05, 4.69) is 34.3 Å². The van der Waals surface area contributed by atoms with Crippen LogP contribution in [0.2, 0.25) is 0 Å². The van der Waals surface area contributed by atoms with Crippen molar-refractivity contribution in [2.24, 2.45) is 0 Å². The van der Waals surface area contributed by atoms with Crippen LogP contribution in [-0.2, 0) is 4.79 Å². The van der Waals surface area contributed by atoms with E-state index in [-0.39, 0.29) is 5.91 Å². The van der Waals surface area contributed by atoms with Crippen LogP contribution in [0.1, 0.15) is 19.8 Å². The van der Waals surface area contributed by atoms with E-state index in [4.69, 9.17) is 5.26 Å². The molecule has 0 radical (unpaired) electrons. The van der Waals surface area contributed by atoms with Gasteiger partial charge in [0.1, 0.15) is 0 Å². The van der Waals surface area contributed by atoms with Crippen LogP contribution in [-0.4, -0.2) is 73.0 Å². The van der Waals surface area contributed by atoms with E-state index in [0.29, 0.717) is 19.5 Å². The summed E-state index contributed by atoms with van der Waals surface area (Å²) in [6, 6.07) is 2.16. The maximum absolute atomic E-state index is 12.5. The van der Waals surface area contributed by atoms with Gasteiger partial charge in [0.25, 0.3) is 0 Å². The van der Waals surface area contributed by atoms with Crippen molar-refractivity contribution in [2.45, 2.75) is 19.8 Å². The maximum Gasteiger partial charge on any atom is 0.247 e. The number of hydrogen-bond donors (Lipinski definition) is 1. The van der Waals surface area contributed by atoms with Crippen LogP contribution in [0.5, 0.6) is 0 Å². The monoisotopic (exact) mass is 315 g/mol. The maximum atomic E-state index is 12.5. The van der Waals surface area contributed by atoms with E-state index in [1.165, 1.54) is 0 Å². The average molecular weight is 315 g/mol. The first-order chi connectivity index (χ1) is 11.2. The minimum absolute atomic E-state index is 0.0948. The lowest BCUT2D eigenvalue weighted by molar-refractivity contribution is -0.130. The van der Waals surface area contributed by atoms with Gasteiger partial charge in [0, 0.05) is 51.9 Å². The molecule has 1 saturated heterocycles. The van der Waals surface area contributed by atoms with Gasteiger partial charge in [-0.2, -0.15) is 5.26 Å². The van der Waals surface area contributed by atoms with E-state index in [9.17, 15) is 4.79 Å². The number of carbonyl (C=O) groups is 1. The lowest BCUT2D eigenvalue weighted by Gasteiger charge is -2.37. The second kappa shape index (κ2) is 9.19. The number of hydrogen-bond acceptors (Lipinski definition) is 5. The van der Waals surface area contributed by atoms with Crippen molar-refractivity contribution < 1.29 is 4.79 Å². The lowest BCUT2D eigenvalue weighted by Crippen LogP contribution is -2.49. The molecule has 0 aliphatic carbocycles. The highest BCUT2D eigenvalue weighted by Crippen LogP contribution is 2.16. The Labute approximate surface area is 138 Å². The number of nitriles is 1. The largest absolute Gasteiger partial charge is 0.367 e. The molecule has 0 spiro atoms. The van der Waals surface area contributed by atoms with Crippen LogP contribution in [0.3, 0.4) is 0 Å². The third-order valence-corrected chi connectivity index (χ3v) is 4.06. The minimum Gasteiger partial charge on any atom is -0.367 e. The first-order valence-corrected chi connectivity index (χ1v) is 8.19. The third-order valence-electron chi connectivity index (χ3n) is 4.06. The predicted molar refractivity (Wildman–Crippen MR) is 89.0 cm³/mol. The average Bonchev–Trinajstić information content (AvgIpc) is 2.55. The van der Waals surface area contributed by atoms with Crippen LogP contribution in [0.25, 0.3) is 0 Å². The summed E-state index contributed by atoms with van der Waals surface area (Å²) in [4.78, 5) is 18.7. The molecule has 1 amide bonds. The molecule has 6 nitrogen and oxygen atoms in total. The van der Waals surface area contributed by atoms with E-state index < -0.39 is 0 Å². The van der Waals surface area contributed by atoms with Crippen molar-refractivity contribution in [3.8, 4) is 17.9 Å². The summed E-state index contributed by atoms with van der Waals surface area (Å²) < 4.78 is 0. The number of nitrogens with one attached hydrogen (secondary N) is 1. The van der Waals surface area contributed by atoms with Crippen molar-refractivity contribution in [2.75, 3.05) is 52.4 Å². The number of unbranched alkanes of at least 4 members (excludes halogenated alkanes) is 1. The van der Waals surface area contributed by atoms with Crippen LogP contribution >= 0.6 is 0 Å². The van der Waals surface area contributed by atoms with Crippen LogP contribution < -0.4 is 5.32 Å². The standard InChI is InChI=1S/C17H25N5O/c1-2-3-10-22-16(13-20-11-7-19-8-12-20)14-21(15-17(22)23)9-5-4-6-18/h14,19H,4-5,7-13,15H2,1H3. The molecule has 0 atom stereocenters. The molecule has 23 heavy (non-hydrogen) atoms. The summed E-state index contributed by atoms with van der Waals surface area (Å²) in [6.45, 7) is 8.11. The van der Waals surface area contributed by atoms with Gasteiger partial charge in [-0.25, -0.2) is 0 Å². The Hall–Kier alpha value is -2.02. The van der Waals surface area contributed by atoms with Crippen LogP contribution in [0, 0.1) is 23.2 Å². The number of carbonyl (C=O) groups excluding carboxylic acids is 1. The van der Waals surface area contributed by atoms with Crippen LogP contribution in [0.4, 0.5) is 0 Å². The van der Waals surface area contributed by atoms with Gasteiger partial charge in [0.05, 0.1) is 24.9 Å². The number of piperazine rings is 1. The van der Waals surface area contributed by atoms with Crippen molar-refractivity contribution in [1.82, 2.24) is 20.0 Å². The van der Waals surface area contributed by atoms with Crippen LogP contribution in [0.15, 0.2) is 11.9 Å². The second-order valence-electron chi connectivity index (χ2n) is 5.79. The zero-order chi connectivity index (χ0) is 16.5. The summed E-state index contributed by atoms with van der Waals surface area (Å²) >= 11 is 0. The van der Waals surface area contributed by atoms with E-state index in [1.54, 1.807) is 11.8 Å². The van der Waals surface area contributed by atoms with Gasteiger partial charge in [-0.05, 0) is 13.3 Å². The van der Waals surface area contributed by atoms with Gasteiger partial charge < -0.3 is 15.1 Å². The molecular formula is C17H25N5O. The minimum atomic E-state index is 0.0948. The van der Waals surface area contributed by atoms with Crippen molar-refractivity contribution in [3.05, 3.63) is 11.9 Å². The van der Waals surface area contributed by atoms with E-state index >= 15 is 0 Å². The molecule has 1 fully saturated rings. The zero-order valence-corrected chi connectivity index (χ0v) is 13.8. The molecule has 2 heterocycles. The second-order valence-corrected chi connectivity index (χ2v) is 5.79. The highest BCUT2D eigenvalue weighted by Gasteiger charge is 2.26. The molecule has 0 bridgehead atoms. The van der Waals surface area contributed by atoms with Gasteiger partial charge in [-0.3, -0.25) is 9.69 Å². The van der Waals surface area contributed by atoms with Crippen molar-refractivity contribution in [3.63, 3.8) is 0 Å². The molecule has 2 aliphatic rings. The van der Waals surface area contributed by atoms with E-state index in [0.717, 1.165) is 51.4 Å². The Kier molecular flexibility index (Phi) is 6.93. The fourth-order valence-electron chi connectivity index (χ4n) is 2.82. The molecule has 0 saturated carbocycles. The fraction of sp³-hybridized carbons (Fsp3) is 0.647. The topological polar surface area (TPSA) is 62.6 Å².